The lowest BCUT2D eigenvalue weighted by atomic mass is 10.1. The molecule has 0 aliphatic carbocycles. The van der Waals surface area contributed by atoms with Gasteiger partial charge in [0.2, 0.25) is 15.0 Å². The predicted molar refractivity (Wildman–Crippen MR) is 147 cm³/mol. The molecule has 2 aliphatic rings. The van der Waals surface area contributed by atoms with Crippen LogP contribution in [0.15, 0.2) is 29.4 Å². The van der Waals surface area contributed by atoms with E-state index in [4.69, 9.17) is 24.4 Å². The van der Waals surface area contributed by atoms with E-state index in [0.717, 1.165) is 62.4 Å². The highest BCUT2D eigenvalue weighted by atomic mass is 32.2. The summed E-state index contributed by atoms with van der Waals surface area (Å²) in [6.45, 7) is 5.19. The molecule has 1 unspecified atom stereocenters. The van der Waals surface area contributed by atoms with Crippen LogP contribution in [0.25, 0.3) is 22.3 Å². The summed E-state index contributed by atoms with van der Waals surface area (Å²) in [5, 5.41) is 14.5. The monoisotopic (exact) mass is 559 g/mol. The zero-order valence-electron chi connectivity index (χ0n) is 22.6. The van der Waals surface area contributed by atoms with Crippen LogP contribution in [0, 0.1) is 0 Å². The summed E-state index contributed by atoms with van der Waals surface area (Å²) in [6.07, 6.45) is 6.26. The maximum absolute atomic E-state index is 12.6. The second-order valence-electron chi connectivity index (χ2n) is 10.2. The molecule has 0 amide bonds. The Morgan fingerprint density at radius 3 is 2.69 bits per heavy atom. The zero-order valence-corrected chi connectivity index (χ0v) is 23.4. The number of aliphatic hydroxyl groups excluding tert-OH is 1. The summed E-state index contributed by atoms with van der Waals surface area (Å²) >= 11 is 0. The third-order valence-electron chi connectivity index (χ3n) is 6.94. The van der Waals surface area contributed by atoms with E-state index < -0.39 is 9.84 Å². The molecule has 2 aliphatic heterocycles. The summed E-state index contributed by atoms with van der Waals surface area (Å²) in [6, 6.07) is 7.60. The van der Waals surface area contributed by atoms with Gasteiger partial charge in [-0.3, -0.25) is 0 Å². The van der Waals surface area contributed by atoms with Crippen molar-refractivity contribution in [3.63, 3.8) is 0 Å². The van der Waals surface area contributed by atoms with E-state index in [-0.39, 0.29) is 24.1 Å². The molecule has 12 heteroatoms. The number of hydrogen-bond donors (Lipinski definition) is 1. The maximum Gasteiger partial charge on any atom is 0.249 e. The number of anilines is 1. The molecule has 0 bridgehead atoms. The molecule has 2 atom stereocenters. The van der Waals surface area contributed by atoms with Gasteiger partial charge in [0.25, 0.3) is 0 Å². The Bertz CT molecular complexity index is 1380. The molecule has 2 aromatic heterocycles. The predicted octanol–water partition coefficient (Wildman–Crippen LogP) is 3.36. The lowest BCUT2D eigenvalue weighted by Gasteiger charge is -2.23. The third-order valence-corrected chi connectivity index (χ3v) is 7.79. The average Bonchev–Trinajstić information content (AvgIpc) is 3.60. The van der Waals surface area contributed by atoms with Crippen molar-refractivity contribution in [1.29, 1.82) is 0 Å². The van der Waals surface area contributed by atoms with Crippen LogP contribution >= 0.6 is 0 Å². The topological polar surface area (TPSA) is 129 Å². The number of ether oxygens (including phenoxy) is 3. The zero-order chi connectivity index (χ0) is 27.4. The van der Waals surface area contributed by atoms with Gasteiger partial charge in [0.05, 0.1) is 17.8 Å². The Labute approximate surface area is 229 Å². The van der Waals surface area contributed by atoms with Gasteiger partial charge in [-0.05, 0) is 63.6 Å². The SMILES string of the molecule is C[C@@H](COCCCO)Oc1ccc2c(c1)c(-c1cc(N3CCCC3)nc(S(C)(=O)=O)n1)nn2C1CCCCO1. The van der Waals surface area contributed by atoms with Gasteiger partial charge >= 0.3 is 0 Å². The van der Waals surface area contributed by atoms with Crippen LogP contribution in [0.1, 0.15) is 51.7 Å². The van der Waals surface area contributed by atoms with Gasteiger partial charge in [0, 0.05) is 50.6 Å². The third kappa shape index (κ3) is 6.51. The maximum atomic E-state index is 12.6. The first-order valence-electron chi connectivity index (χ1n) is 13.7. The molecule has 2 saturated heterocycles. The van der Waals surface area contributed by atoms with Gasteiger partial charge in [-0.2, -0.15) is 5.10 Å². The highest BCUT2D eigenvalue weighted by Gasteiger charge is 2.26. The lowest BCUT2D eigenvalue weighted by Crippen LogP contribution is -2.21. The number of hydrogen-bond acceptors (Lipinski definition) is 10. The van der Waals surface area contributed by atoms with Gasteiger partial charge in [0.1, 0.15) is 23.4 Å². The Balaban J connectivity index is 1.57. The largest absolute Gasteiger partial charge is 0.488 e. The highest BCUT2D eigenvalue weighted by Crippen LogP contribution is 2.36. The van der Waals surface area contributed by atoms with E-state index >= 15 is 0 Å². The van der Waals surface area contributed by atoms with Gasteiger partial charge < -0.3 is 24.2 Å². The van der Waals surface area contributed by atoms with Crippen LogP contribution in [-0.2, 0) is 19.3 Å². The van der Waals surface area contributed by atoms with Crippen molar-refractivity contribution in [3.8, 4) is 17.1 Å². The molecule has 0 spiro atoms. The van der Waals surface area contributed by atoms with E-state index in [9.17, 15) is 8.42 Å². The Kier molecular flexibility index (Phi) is 8.65. The van der Waals surface area contributed by atoms with Gasteiger partial charge in [0.15, 0.2) is 6.23 Å². The normalized spacial score (nSPS) is 19.1. The van der Waals surface area contributed by atoms with E-state index in [1.807, 2.05) is 35.9 Å². The fraction of sp³-hybridized carbons (Fsp3) is 0.593. The second kappa shape index (κ2) is 12.2. The number of aliphatic hydroxyl groups is 1. The van der Waals surface area contributed by atoms with Crippen LogP contribution < -0.4 is 9.64 Å². The molecule has 5 rings (SSSR count). The van der Waals surface area contributed by atoms with Crippen molar-refractivity contribution in [2.75, 3.05) is 50.7 Å². The van der Waals surface area contributed by atoms with Crippen molar-refractivity contribution in [2.45, 2.75) is 62.9 Å². The molecule has 2 fully saturated rings. The van der Waals surface area contributed by atoms with Crippen molar-refractivity contribution in [3.05, 3.63) is 24.3 Å². The quantitative estimate of drug-likeness (QED) is 0.276. The number of benzene rings is 1. The summed E-state index contributed by atoms with van der Waals surface area (Å²) in [5.41, 5.74) is 1.87. The first-order chi connectivity index (χ1) is 18.8. The van der Waals surface area contributed by atoms with Crippen molar-refractivity contribution < 1.29 is 27.7 Å². The van der Waals surface area contributed by atoms with Crippen LogP contribution in [0.5, 0.6) is 5.75 Å². The van der Waals surface area contributed by atoms with Crippen molar-refractivity contribution in [1.82, 2.24) is 19.7 Å². The number of nitrogens with zero attached hydrogens (tertiary/aromatic N) is 5. The highest BCUT2D eigenvalue weighted by molar-refractivity contribution is 7.90. The Morgan fingerprint density at radius 2 is 1.97 bits per heavy atom. The fourth-order valence-electron chi connectivity index (χ4n) is 5.01. The van der Waals surface area contributed by atoms with Gasteiger partial charge in [-0.25, -0.2) is 23.1 Å². The molecule has 11 nitrogen and oxygen atoms in total. The first-order valence-corrected chi connectivity index (χ1v) is 15.6. The fourth-order valence-corrected chi connectivity index (χ4v) is 5.53. The molecular weight excluding hydrogens is 522 g/mol. The minimum atomic E-state index is -3.65. The molecule has 1 N–H and O–H groups in total. The molecule has 3 aromatic rings. The summed E-state index contributed by atoms with van der Waals surface area (Å²) < 4.78 is 44.8. The van der Waals surface area contributed by atoms with E-state index in [1.54, 1.807) is 0 Å². The van der Waals surface area contributed by atoms with Crippen LogP contribution in [0.2, 0.25) is 0 Å². The summed E-state index contributed by atoms with van der Waals surface area (Å²) in [5.74, 6) is 1.24. The van der Waals surface area contributed by atoms with E-state index in [2.05, 4.69) is 14.9 Å². The van der Waals surface area contributed by atoms with Crippen molar-refractivity contribution >= 4 is 26.6 Å². The smallest absolute Gasteiger partial charge is 0.249 e. The summed E-state index contributed by atoms with van der Waals surface area (Å²) in [7, 11) is -3.65. The minimum absolute atomic E-state index is 0.0902. The molecule has 39 heavy (non-hydrogen) atoms. The first kappa shape index (κ1) is 27.8. The number of sulfone groups is 1. The average molecular weight is 560 g/mol. The number of fused-ring (bicyclic) bond motifs is 1. The van der Waals surface area contributed by atoms with Gasteiger partial charge in [-0.1, -0.05) is 0 Å². The summed E-state index contributed by atoms with van der Waals surface area (Å²) in [4.78, 5) is 11.0. The molecule has 4 heterocycles. The lowest BCUT2D eigenvalue weighted by molar-refractivity contribution is -0.0365. The molecule has 1 aromatic carbocycles. The van der Waals surface area contributed by atoms with Crippen LogP contribution in [0.3, 0.4) is 0 Å². The Morgan fingerprint density at radius 1 is 1.15 bits per heavy atom. The number of rotatable bonds is 11. The molecule has 0 radical (unpaired) electrons. The molecular formula is C27H37N5O6S. The number of aromatic nitrogens is 4. The Hall–Kier alpha value is -2.80. The molecule has 0 saturated carbocycles. The van der Waals surface area contributed by atoms with Crippen LogP contribution in [-0.4, -0.2) is 85.1 Å². The second-order valence-corrected chi connectivity index (χ2v) is 12.1. The van der Waals surface area contributed by atoms with Gasteiger partial charge in [-0.15, -0.1) is 0 Å². The van der Waals surface area contributed by atoms with E-state index in [0.29, 0.717) is 49.2 Å². The van der Waals surface area contributed by atoms with E-state index in [1.165, 1.54) is 0 Å². The molecule has 212 valence electrons. The van der Waals surface area contributed by atoms with Crippen molar-refractivity contribution in [2.24, 2.45) is 0 Å². The minimum Gasteiger partial charge on any atom is -0.488 e. The van der Waals surface area contributed by atoms with Crippen LogP contribution in [0.4, 0.5) is 5.82 Å². The standard InChI is InChI=1S/C27H37N5O6S/c1-19(18-36-14-7-13-33)38-20-9-10-23-21(16-20)26(30-32(23)25-8-3-6-15-37-25)22-17-24(31-11-4-5-12-31)29-27(28-22)39(2,34)35/h9-10,16-17,19,25,33H,3-8,11-15,18H2,1-2H3/t19-,25?/m0/s1.